The Hall–Kier alpha value is -1.95. The lowest BCUT2D eigenvalue weighted by Gasteiger charge is -2.25. The number of aryl methyl sites for hydroxylation is 1. The van der Waals surface area contributed by atoms with E-state index in [9.17, 15) is 14.0 Å². The monoisotopic (exact) mass is 251 g/mol. The average molecular weight is 251 g/mol. The van der Waals surface area contributed by atoms with Gasteiger partial charge in [-0.25, -0.2) is 9.18 Å². The van der Waals surface area contributed by atoms with Crippen LogP contribution in [0.2, 0.25) is 0 Å². The summed E-state index contributed by atoms with van der Waals surface area (Å²) in [5, 5.41) is 2.57. The van der Waals surface area contributed by atoms with E-state index in [1.54, 1.807) is 6.92 Å². The number of nitrogens with zero attached hydrogens (tertiary/aromatic N) is 1. The molecule has 1 fully saturated rings. The number of imide groups is 1. The quantitative estimate of drug-likeness (QED) is 0.750. The molecule has 1 saturated heterocycles. The third-order valence-electron chi connectivity index (χ3n) is 3.25. The highest BCUT2D eigenvalue weighted by molar-refractivity contribution is 6.07. The highest BCUT2D eigenvalue weighted by Gasteiger charge is 2.50. The third kappa shape index (κ3) is 1.57. The Morgan fingerprint density at radius 2 is 2.11 bits per heavy atom. The summed E-state index contributed by atoms with van der Waals surface area (Å²) in [6.45, 7) is 1.51. The van der Waals surface area contributed by atoms with Crippen LogP contribution in [0, 0.1) is 12.7 Å². The molecule has 1 unspecified atom stereocenters. The van der Waals surface area contributed by atoms with E-state index < -0.39 is 17.5 Å². The van der Waals surface area contributed by atoms with Crippen LogP contribution >= 0.6 is 0 Å². The van der Waals surface area contributed by atoms with Gasteiger partial charge < -0.3 is 11.1 Å². The first-order chi connectivity index (χ1) is 8.42. The Bertz CT molecular complexity index is 532. The van der Waals surface area contributed by atoms with E-state index >= 15 is 0 Å². The van der Waals surface area contributed by atoms with Crippen LogP contribution in [-0.4, -0.2) is 30.4 Å². The maximum atomic E-state index is 13.3. The number of rotatable bonds is 2. The van der Waals surface area contributed by atoms with E-state index in [-0.39, 0.29) is 12.4 Å². The van der Waals surface area contributed by atoms with Gasteiger partial charge in [0.1, 0.15) is 5.82 Å². The molecule has 96 valence electrons. The van der Waals surface area contributed by atoms with Gasteiger partial charge in [-0.15, -0.1) is 0 Å². The van der Waals surface area contributed by atoms with Crippen molar-refractivity contribution in [3.05, 3.63) is 35.1 Å². The smallest absolute Gasteiger partial charge is 0.325 e. The molecule has 2 rings (SSSR count). The molecule has 1 heterocycles. The molecule has 0 aromatic heterocycles. The predicted molar refractivity (Wildman–Crippen MR) is 63.2 cm³/mol. The molecule has 1 aromatic carbocycles. The summed E-state index contributed by atoms with van der Waals surface area (Å²) in [4.78, 5) is 24.7. The van der Waals surface area contributed by atoms with Gasteiger partial charge >= 0.3 is 6.03 Å². The molecule has 0 radical (unpaired) electrons. The number of hydrogen-bond donors (Lipinski definition) is 2. The zero-order valence-corrected chi connectivity index (χ0v) is 10.2. The molecular formula is C12H14FN3O2. The van der Waals surface area contributed by atoms with Crippen LogP contribution in [0.5, 0.6) is 0 Å². The second kappa shape index (κ2) is 4.06. The number of amides is 3. The fourth-order valence-corrected chi connectivity index (χ4v) is 2.06. The molecule has 18 heavy (non-hydrogen) atoms. The molecule has 3 amide bonds. The van der Waals surface area contributed by atoms with E-state index in [1.165, 1.54) is 25.2 Å². The van der Waals surface area contributed by atoms with Crippen molar-refractivity contribution in [3.8, 4) is 0 Å². The predicted octanol–water partition coefficient (Wildman–Crippen LogP) is 0.470. The SMILES string of the molecule is Cc1cc(C2(CN)NC(=O)N(C)C2=O)ccc1F. The van der Waals surface area contributed by atoms with E-state index in [2.05, 4.69) is 5.32 Å². The summed E-state index contributed by atoms with van der Waals surface area (Å²) >= 11 is 0. The van der Waals surface area contributed by atoms with Gasteiger partial charge in [-0.05, 0) is 24.1 Å². The number of hydrogen-bond acceptors (Lipinski definition) is 3. The van der Waals surface area contributed by atoms with Crippen molar-refractivity contribution in [1.82, 2.24) is 10.2 Å². The minimum atomic E-state index is -1.29. The van der Waals surface area contributed by atoms with Crippen LogP contribution in [-0.2, 0) is 10.3 Å². The van der Waals surface area contributed by atoms with Crippen LogP contribution in [0.3, 0.4) is 0 Å². The lowest BCUT2D eigenvalue weighted by molar-refractivity contribution is -0.130. The van der Waals surface area contributed by atoms with E-state index in [0.29, 0.717) is 11.1 Å². The van der Waals surface area contributed by atoms with Gasteiger partial charge in [0, 0.05) is 13.6 Å². The van der Waals surface area contributed by atoms with Crippen molar-refractivity contribution >= 4 is 11.9 Å². The number of nitrogens with one attached hydrogen (secondary N) is 1. The average Bonchev–Trinajstić information content (AvgIpc) is 2.58. The Labute approximate surface area is 104 Å². The number of urea groups is 1. The normalized spacial score (nSPS) is 23.4. The van der Waals surface area contributed by atoms with Crippen molar-refractivity contribution < 1.29 is 14.0 Å². The summed E-state index contributed by atoms with van der Waals surface area (Å²) in [5.74, 6) is -0.794. The summed E-state index contributed by atoms with van der Waals surface area (Å²) < 4.78 is 13.3. The zero-order valence-electron chi connectivity index (χ0n) is 10.2. The van der Waals surface area contributed by atoms with Crippen LogP contribution in [0.4, 0.5) is 9.18 Å². The lowest BCUT2D eigenvalue weighted by atomic mass is 9.89. The molecule has 1 aliphatic rings. The topological polar surface area (TPSA) is 75.4 Å². The summed E-state index contributed by atoms with van der Waals surface area (Å²) in [5.41, 5.74) is 5.25. The van der Waals surface area contributed by atoms with E-state index in [0.717, 1.165) is 4.90 Å². The largest absolute Gasteiger partial charge is 0.327 e. The highest BCUT2D eigenvalue weighted by Crippen LogP contribution is 2.28. The lowest BCUT2D eigenvalue weighted by Crippen LogP contribution is -2.50. The second-order valence-corrected chi connectivity index (χ2v) is 4.37. The Balaban J connectivity index is 2.54. The Morgan fingerprint density at radius 1 is 1.44 bits per heavy atom. The highest BCUT2D eigenvalue weighted by atomic mass is 19.1. The molecule has 0 spiro atoms. The maximum absolute atomic E-state index is 13.3. The fourth-order valence-electron chi connectivity index (χ4n) is 2.06. The summed E-state index contributed by atoms with van der Waals surface area (Å²) in [7, 11) is 1.38. The van der Waals surface area contributed by atoms with Gasteiger partial charge in [0.05, 0.1) is 0 Å². The Morgan fingerprint density at radius 3 is 2.56 bits per heavy atom. The number of benzene rings is 1. The molecule has 0 saturated carbocycles. The molecule has 3 N–H and O–H groups in total. The van der Waals surface area contributed by atoms with Gasteiger partial charge in [-0.2, -0.15) is 0 Å². The molecule has 0 aliphatic carbocycles. The molecule has 0 bridgehead atoms. The van der Waals surface area contributed by atoms with Gasteiger partial charge in [-0.3, -0.25) is 9.69 Å². The summed E-state index contributed by atoms with van der Waals surface area (Å²) in [6.07, 6.45) is 0. The van der Waals surface area contributed by atoms with Crippen molar-refractivity contribution in [2.75, 3.05) is 13.6 Å². The van der Waals surface area contributed by atoms with Crippen molar-refractivity contribution in [1.29, 1.82) is 0 Å². The minimum Gasteiger partial charge on any atom is -0.327 e. The first-order valence-corrected chi connectivity index (χ1v) is 5.49. The van der Waals surface area contributed by atoms with Crippen molar-refractivity contribution in [2.24, 2.45) is 5.73 Å². The van der Waals surface area contributed by atoms with Crippen LogP contribution in [0.25, 0.3) is 0 Å². The van der Waals surface area contributed by atoms with Crippen molar-refractivity contribution in [3.63, 3.8) is 0 Å². The Kier molecular flexibility index (Phi) is 2.82. The van der Waals surface area contributed by atoms with Gasteiger partial charge in [-0.1, -0.05) is 12.1 Å². The molecule has 1 aromatic rings. The zero-order chi connectivity index (χ0) is 13.5. The van der Waals surface area contributed by atoms with Crippen LogP contribution in [0.1, 0.15) is 11.1 Å². The minimum absolute atomic E-state index is 0.0764. The number of carbonyl (C=O) groups is 2. The second-order valence-electron chi connectivity index (χ2n) is 4.37. The number of nitrogens with two attached hydrogens (primary N) is 1. The first-order valence-electron chi connectivity index (χ1n) is 5.49. The first kappa shape index (κ1) is 12.5. The molecule has 5 nitrogen and oxygen atoms in total. The number of likely N-dealkylation sites (N-methyl/N-ethyl adjacent to an activating group) is 1. The third-order valence-corrected chi connectivity index (χ3v) is 3.25. The van der Waals surface area contributed by atoms with Crippen molar-refractivity contribution in [2.45, 2.75) is 12.5 Å². The van der Waals surface area contributed by atoms with Gasteiger partial charge in [0.15, 0.2) is 5.54 Å². The van der Waals surface area contributed by atoms with Crippen LogP contribution in [0.15, 0.2) is 18.2 Å². The molecule has 1 aliphatic heterocycles. The van der Waals surface area contributed by atoms with Gasteiger partial charge in [0.2, 0.25) is 0 Å². The molecule has 6 heteroatoms. The standard InChI is InChI=1S/C12H14FN3O2/c1-7-5-8(3-4-9(7)13)12(6-14)10(17)16(2)11(18)15-12/h3-5H,6,14H2,1-2H3,(H,15,18). The molecule has 1 atom stereocenters. The fraction of sp³-hybridized carbons (Fsp3) is 0.333. The summed E-state index contributed by atoms with van der Waals surface area (Å²) in [6, 6.07) is 3.75. The number of halogens is 1. The van der Waals surface area contributed by atoms with E-state index in [1.807, 2.05) is 0 Å². The maximum Gasteiger partial charge on any atom is 0.325 e. The number of carbonyl (C=O) groups excluding carboxylic acids is 2. The van der Waals surface area contributed by atoms with E-state index in [4.69, 9.17) is 5.73 Å². The van der Waals surface area contributed by atoms with Gasteiger partial charge in [0.25, 0.3) is 5.91 Å². The molecular weight excluding hydrogens is 237 g/mol. The van der Waals surface area contributed by atoms with Crippen LogP contribution < -0.4 is 11.1 Å².